The van der Waals surface area contributed by atoms with E-state index in [2.05, 4.69) is 22.6 Å². The largest absolute Gasteiger partial charge is 0.306 e. The van der Waals surface area contributed by atoms with E-state index in [1.807, 2.05) is 0 Å². The molecule has 0 unspecified atom stereocenters. The molecule has 1 aliphatic carbocycles. The molecule has 1 aliphatic rings. The number of nitrogens with one attached hydrogen (secondary N) is 1. The number of hydrogen-bond acceptors (Lipinski definition) is 3. The molecule has 0 radical (unpaired) electrons. The maximum atomic E-state index is 12.9. The highest BCUT2D eigenvalue weighted by atomic mass is 32.1. The first-order valence-electron chi connectivity index (χ1n) is 7.16. The number of nitrogens with zero attached hydrogens (tertiary/aromatic N) is 1. The quantitative estimate of drug-likeness (QED) is 0.884. The van der Waals surface area contributed by atoms with Crippen LogP contribution in [0.15, 0.2) is 29.6 Å². The van der Waals surface area contributed by atoms with E-state index < -0.39 is 0 Å². The van der Waals surface area contributed by atoms with Crippen LogP contribution >= 0.6 is 11.3 Å². The van der Waals surface area contributed by atoms with E-state index in [1.54, 1.807) is 23.5 Å². The van der Waals surface area contributed by atoms with Crippen LogP contribution in [0.5, 0.6) is 0 Å². The molecule has 1 saturated carbocycles. The van der Waals surface area contributed by atoms with Gasteiger partial charge in [-0.05, 0) is 49.9 Å². The van der Waals surface area contributed by atoms with Crippen LogP contribution in [0.4, 0.5) is 4.39 Å². The number of hydrogen-bond donors (Lipinski definition) is 1. The van der Waals surface area contributed by atoms with E-state index in [1.165, 1.54) is 37.8 Å². The Morgan fingerprint density at radius 2 is 2.05 bits per heavy atom. The summed E-state index contributed by atoms with van der Waals surface area (Å²) in [6.45, 7) is 3.07. The van der Waals surface area contributed by atoms with Crippen LogP contribution in [0.2, 0.25) is 0 Å². The second kappa shape index (κ2) is 5.62. The maximum Gasteiger partial charge on any atom is 0.123 e. The average Bonchev–Trinajstić information content (AvgIpc) is 2.88. The average molecular weight is 290 g/mol. The number of aromatic nitrogens is 1. The van der Waals surface area contributed by atoms with Crippen molar-refractivity contribution >= 4 is 11.3 Å². The molecule has 1 aromatic heterocycles. The molecule has 0 amide bonds. The van der Waals surface area contributed by atoms with E-state index in [9.17, 15) is 4.39 Å². The van der Waals surface area contributed by atoms with Crippen molar-refractivity contribution in [2.24, 2.45) is 0 Å². The summed E-state index contributed by atoms with van der Waals surface area (Å²) in [7, 11) is 0. The molecule has 4 heteroatoms. The number of halogens is 1. The third-order valence-electron chi connectivity index (χ3n) is 4.27. The van der Waals surface area contributed by atoms with Gasteiger partial charge in [0.15, 0.2) is 0 Å². The van der Waals surface area contributed by atoms with Crippen LogP contribution in [-0.4, -0.2) is 10.5 Å². The lowest BCUT2D eigenvalue weighted by atomic mass is 9.75. The number of rotatable bonds is 5. The molecule has 0 bridgehead atoms. The minimum atomic E-state index is -0.206. The molecule has 20 heavy (non-hydrogen) atoms. The molecule has 2 nitrogen and oxygen atoms in total. The Kier molecular flexibility index (Phi) is 3.85. The zero-order valence-electron chi connectivity index (χ0n) is 11.7. The van der Waals surface area contributed by atoms with Crippen LogP contribution in [-0.2, 0) is 6.54 Å². The highest BCUT2D eigenvalue weighted by molar-refractivity contribution is 7.13. The molecule has 3 rings (SSSR count). The molecule has 1 aromatic carbocycles. The van der Waals surface area contributed by atoms with E-state index in [0.717, 1.165) is 22.8 Å². The predicted octanol–water partition coefficient (Wildman–Crippen LogP) is 4.37. The van der Waals surface area contributed by atoms with Crippen LogP contribution in [0.25, 0.3) is 10.6 Å². The SMILES string of the molecule is CCC1(NCc2csc(-c3ccc(F)cc3)n2)CCC1. The fourth-order valence-electron chi connectivity index (χ4n) is 2.65. The van der Waals surface area contributed by atoms with Gasteiger partial charge in [0.2, 0.25) is 0 Å². The van der Waals surface area contributed by atoms with Gasteiger partial charge in [-0.25, -0.2) is 9.37 Å². The molecule has 2 aromatic rings. The second-order valence-corrected chi connectivity index (χ2v) is 6.35. The lowest BCUT2D eigenvalue weighted by Crippen LogP contribution is -2.49. The molecule has 0 aliphatic heterocycles. The Hall–Kier alpha value is -1.26. The smallest absolute Gasteiger partial charge is 0.123 e. The zero-order valence-corrected chi connectivity index (χ0v) is 12.5. The topological polar surface area (TPSA) is 24.9 Å². The van der Waals surface area contributed by atoms with Gasteiger partial charge in [-0.1, -0.05) is 6.92 Å². The normalized spacial score (nSPS) is 16.9. The molecule has 106 valence electrons. The summed E-state index contributed by atoms with van der Waals surface area (Å²) in [6.07, 6.45) is 5.07. The number of thiazole rings is 1. The standard InChI is InChI=1S/C16H19FN2S/c1-2-16(8-3-9-16)18-10-14-11-20-15(19-14)12-4-6-13(17)7-5-12/h4-7,11,18H,2-3,8-10H2,1H3. The Morgan fingerprint density at radius 3 is 2.65 bits per heavy atom. The Morgan fingerprint density at radius 1 is 1.30 bits per heavy atom. The molecule has 1 N–H and O–H groups in total. The Labute approximate surface area is 123 Å². The highest BCUT2D eigenvalue weighted by Gasteiger charge is 2.34. The molecule has 1 heterocycles. The molecular weight excluding hydrogens is 271 g/mol. The monoisotopic (exact) mass is 290 g/mol. The van der Waals surface area contributed by atoms with Gasteiger partial charge in [-0.15, -0.1) is 11.3 Å². The minimum Gasteiger partial charge on any atom is -0.306 e. The Bertz CT molecular complexity index is 567. The van der Waals surface area contributed by atoms with Crippen LogP contribution in [0.1, 0.15) is 38.3 Å². The van der Waals surface area contributed by atoms with E-state index in [0.29, 0.717) is 5.54 Å². The minimum absolute atomic E-state index is 0.206. The summed E-state index contributed by atoms with van der Waals surface area (Å²) in [5.74, 6) is -0.206. The highest BCUT2D eigenvalue weighted by Crippen LogP contribution is 2.35. The van der Waals surface area contributed by atoms with E-state index in [-0.39, 0.29) is 5.82 Å². The molecule has 0 spiro atoms. The summed E-state index contributed by atoms with van der Waals surface area (Å²) in [5, 5.41) is 6.71. The predicted molar refractivity (Wildman–Crippen MR) is 81.2 cm³/mol. The fraction of sp³-hybridized carbons (Fsp3) is 0.438. The van der Waals surface area contributed by atoms with Gasteiger partial charge in [-0.3, -0.25) is 0 Å². The third-order valence-corrected chi connectivity index (χ3v) is 5.22. The van der Waals surface area contributed by atoms with Crippen molar-refractivity contribution in [3.05, 3.63) is 41.2 Å². The van der Waals surface area contributed by atoms with Gasteiger partial charge in [0, 0.05) is 23.0 Å². The van der Waals surface area contributed by atoms with Crippen LogP contribution in [0.3, 0.4) is 0 Å². The van der Waals surface area contributed by atoms with Crippen molar-refractivity contribution in [3.8, 4) is 10.6 Å². The first-order valence-corrected chi connectivity index (χ1v) is 8.04. The van der Waals surface area contributed by atoms with Gasteiger partial charge in [0.25, 0.3) is 0 Å². The summed E-state index contributed by atoms with van der Waals surface area (Å²) in [5.41, 5.74) is 2.41. The van der Waals surface area contributed by atoms with Crippen molar-refractivity contribution in [2.45, 2.75) is 44.7 Å². The molecule has 0 saturated heterocycles. The summed E-state index contributed by atoms with van der Waals surface area (Å²) in [6, 6.07) is 6.53. The zero-order chi connectivity index (χ0) is 14.0. The van der Waals surface area contributed by atoms with Gasteiger partial charge < -0.3 is 5.32 Å². The van der Waals surface area contributed by atoms with Crippen LogP contribution in [0, 0.1) is 5.82 Å². The van der Waals surface area contributed by atoms with E-state index in [4.69, 9.17) is 0 Å². The van der Waals surface area contributed by atoms with Crippen molar-refractivity contribution in [1.82, 2.24) is 10.3 Å². The van der Waals surface area contributed by atoms with Crippen molar-refractivity contribution < 1.29 is 4.39 Å². The van der Waals surface area contributed by atoms with Crippen LogP contribution < -0.4 is 5.32 Å². The second-order valence-electron chi connectivity index (χ2n) is 5.49. The number of benzene rings is 1. The molecular formula is C16H19FN2S. The van der Waals surface area contributed by atoms with Gasteiger partial charge >= 0.3 is 0 Å². The summed E-state index contributed by atoms with van der Waals surface area (Å²) >= 11 is 1.62. The van der Waals surface area contributed by atoms with E-state index >= 15 is 0 Å². The molecule has 1 fully saturated rings. The summed E-state index contributed by atoms with van der Waals surface area (Å²) < 4.78 is 12.9. The van der Waals surface area contributed by atoms with Gasteiger partial charge in [0.05, 0.1) is 5.69 Å². The Balaban J connectivity index is 1.66. The van der Waals surface area contributed by atoms with Crippen molar-refractivity contribution in [3.63, 3.8) is 0 Å². The first-order chi connectivity index (χ1) is 9.71. The van der Waals surface area contributed by atoms with Crippen molar-refractivity contribution in [1.29, 1.82) is 0 Å². The lowest BCUT2D eigenvalue weighted by molar-refractivity contribution is 0.175. The third kappa shape index (κ3) is 2.76. The molecule has 0 atom stereocenters. The van der Waals surface area contributed by atoms with Gasteiger partial charge in [-0.2, -0.15) is 0 Å². The maximum absolute atomic E-state index is 12.9. The first kappa shape index (κ1) is 13.7. The summed E-state index contributed by atoms with van der Waals surface area (Å²) in [4.78, 5) is 4.64. The van der Waals surface area contributed by atoms with Crippen molar-refractivity contribution in [2.75, 3.05) is 0 Å². The fourth-order valence-corrected chi connectivity index (χ4v) is 3.48. The lowest BCUT2D eigenvalue weighted by Gasteiger charge is -2.42. The van der Waals surface area contributed by atoms with Gasteiger partial charge in [0.1, 0.15) is 10.8 Å².